The van der Waals surface area contributed by atoms with Gasteiger partial charge in [-0.2, -0.15) is 0 Å². The van der Waals surface area contributed by atoms with Gasteiger partial charge in [-0.15, -0.1) is 0 Å². The molecule has 1 rings (SSSR count). The first-order chi connectivity index (χ1) is 5.72. The molecule has 1 aliphatic carbocycles. The number of esters is 1. The van der Waals surface area contributed by atoms with Crippen LogP contribution in [0.4, 0.5) is 4.79 Å². The van der Waals surface area contributed by atoms with Crippen molar-refractivity contribution < 1.29 is 19.1 Å². The number of hydrogen-bond acceptors (Lipinski definition) is 4. The molecule has 0 bridgehead atoms. The summed E-state index contributed by atoms with van der Waals surface area (Å²) in [6.07, 6.45) is 1.33. The summed E-state index contributed by atoms with van der Waals surface area (Å²) in [5.41, 5.74) is 0. The first kappa shape index (κ1) is 8.83. The van der Waals surface area contributed by atoms with E-state index in [-0.39, 0.29) is 12.6 Å². The summed E-state index contributed by atoms with van der Waals surface area (Å²) in [4.78, 5) is 21.3. The smallest absolute Gasteiger partial charge is 0.407 e. The maximum absolute atomic E-state index is 10.8. The van der Waals surface area contributed by atoms with Crippen molar-refractivity contribution in [2.24, 2.45) is 0 Å². The van der Waals surface area contributed by atoms with Crippen LogP contribution in [0.2, 0.25) is 0 Å². The van der Waals surface area contributed by atoms with E-state index in [0.29, 0.717) is 0 Å². The molecule has 1 amide bonds. The van der Waals surface area contributed by atoms with Gasteiger partial charge in [0.2, 0.25) is 0 Å². The second-order valence-corrected chi connectivity index (χ2v) is 2.53. The van der Waals surface area contributed by atoms with Crippen LogP contribution in [0.3, 0.4) is 0 Å². The van der Waals surface area contributed by atoms with Crippen molar-refractivity contribution in [1.82, 2.24) is 5.32 Å². The van der Waals surface area contributed by atoms with Crippen molar-refractivity contribution in [2.75, 3.05) is 13.7 Å². The number of alkyl carbamates (subject to hydrolysis) is 1. The molecule has 5 heteroatoms. The van der Waals surface area contributed by atoms with Gasteiger partial charge in [0.25, 0.3) is 0 Å². The van der Waals surface area contributed by atoms with Crippen LogP contribution in [0.15, 0.2) is 0 Å². The zero-order valence-electron chi connectivity index (χ0n) is 6.83. The second kappa shape index (κ2) is 3.94. The molecule has 1 aliphatic rings. The van der Waals surface area contributed by atoms with E-state index in [2.05, 4.69) is 10.1 Å². The Bertz CT molecular complexity index is 188. The van der Waals surface area contributed by atoms with E-state index in [9.17, 15) is 9.59 Å². The quantitative estimate of drug-likeness (QED) is 0.612. The zero-order valence-corrected chi connectivity index (χ0v) is 6.83. The molecule has 1 N–H and O–H groups in total. The van der Waals surface area contributed by atoms with Crippen LogP contribution in [0.5, 0.6) is 0 Å². The summed E-state index contributed by atoms with van der Waals surface area (Å²) >= 11 is 0. The van der Waals surface area contributed by atoms with Crippen LogP contribution in [0, 0.1) is 0 Å². The lowest BCUT2D eigenvalue weighted by Crippen LogP contribution is -2.30. The molecule has 0 atom stereocenters. The molecule has 1 saturated carbocycles. The van der Waals surface area contributed by atoms with E-state index < -0.39 is 12.1 Å². The standard InChI is InChI=1S/C7H11NO4/c1-11-7(10)8-4-6(9)12-5-2-3-5/h5H,2-4H2,1H3,(H,8,10). The Kier molecular flexibility index (Phi) is 2.90. The monoisotopic (exact) mass is 173 g/mol. The van der Waals surface area contributed by atoms with Crippen LogP contribution < -0.4 is 5.32 Å². The van der Waals surface area contributed by atoms with E-state index in [1.165, 1.54) is 7.11 Å². The van der Waals surface area contributed by atoms with Crippen LogP contribution in [0.1, 0.15) is 12.8 Å². The van der Waals surface area contributed by atoms with Crippen LogP contribution in [-0.2, 0) is 14.3 Å². The molecule has 12 heavy (non-hydrogen) atoms. The lowest BCUT2D eigenvalue weighted by Gasteiger charge is -2.03. The van der Waals surface area contributed by atoms with Gasteiger partial charge < -0.3 is 14.8 Å². The maximum Gasteiger partial charge on any atom is 0.407 e. The van der Waals surface area contributed by atoms with Crippen molar-refractivity contribution in [3.05, 3.63) is 0 Å². The van der Waals surface area contributed by atoms with Crippen molar-refractivity contribution in [2.45, 2.75) is 18.9 Å². The Balaban J connectivity index is 2.04. The number of ether oxygens (including phenoxy) is 2. The Hall–Kier alpha value is -1.26. The fourth-order valence-corrected chi connectivity index (χ4v) is 0.630. The molecule has 68 valence electrons. The first-order valence-corrected chi connectivity index (χ1v) is 3.73. The van der Waals surface area contributed by atoms with Crippen molar-refractivity contribution in [3.63, 3.8) is 0 Å². The molecular formula is C7H11NO4. The summed E-state index contributed by atoms with van der Waals surface area (Å²) in [5, 5.41) is 2.23. The third kappa shape index (κ3) is 3.23. The Morgan fingerprint density at radius 2 is 2.17 bits per heavy atom. The molecule has 0 heterocycles. The number of hydrogen-bond donors (Lipinski definition) is 1. The van der Waals surface area contributed by atoms with Gasteiger partial charge in [0.15, 0.2) is 0 Å². The van der Waals surface area contributed by atoms with E-state index in [1.807, 2.05) is 0 Å². The summed E-state index contributed by atoms with van der Waals surface area (Å²) in [5.74, 6) is -0.414. The van der Waals surface area contributed by atoms with Crippen LogP contribution >= 0.6 is 0 Å². The minimum Gasteiger partial charge on any atom is -0.461 e. The van der Waals surface area contributed by atoms with Crippen LogP contribution in [-0.4, -0.2) is 31.8 Å². The Morgan fingerprint density at radius 3 is 2.67 bits per heavy atom. The second-order valence-electron chi connectivity index (χ2n) is 2.53. The highest BCUT2D eigenvalue weighted by Crippen LogP contribution is 2.23. The van der Waals surface area contributed by atoms with Gasteiger partial charge in [0, 0.05) is 0 Å². The molecule has 0 aliphatic heterocycles. The number of carbonyl (C=O) groups is 2. The van der Waals surface area contributed by atoms with Crippen LogP contribution in [0.25, 0.3) is 0 Å². The largest absolute Gasteiger partial charge is 0.461 e. The van der Waals surface area contributed by atoms with Gasteiger partial charge in [-0.25, -0.2) is 4.79 Å². The third-order valence-corrected chi connectivity index (χ3v) is 1.38. The molecular weight excluding hydrogens is 162 g/mol. The fourth-order valence-electron chi connectivity index (χ4n) is 0.630. The summed E-state index contributed by atoms with van der Waals surface area (Å²) in [7, 11) is 1.24. The minimum absolute atomic E-state index is 0.0805. The van der Waals surface area contributed by atoms with Crippen molar-refractivity contribution in [3.8, 4) is 0 Å². The van der Waals surface area contributed by atoms with E-state index in [0.717, 1.165) is 12.8 Å². The summed E-state index contributed by atoms with van der Waals surface area (Å²) in [6.45, 7) is -0.122. The molecule has 0 aromatic carbocycles. The molecule has 0 unspecified atom stereocenters. The lowest BCUT2D eigenvalue weighted by molar-refractivity contribution is -0.143. The average molecular weight is 173 g/mol. The summed E-state index contributed by atoms with van der Waals surface area (Å²) in [6, 6.07) is 0. The number of nitrogens with one attached hydrogen (secondary N) is 1. The number of rotatable bonds is 3. The highest BCUT2D eigenvalue weighted by atomic mass is 16.6. The zero-order chi connectivity index (χ0) is 8.97. The van der Waals surface area contributed by atoms with Crippen molar-refractivity contribution in [1.29, 1.82) is 0 Å². The van der Waals surface area contributed by atoms with E-state index in [1.54, 1.807) is 0 Å². The molecule has 0 spiro atoms. The molecule has 0 aromatic rings. The molecule has 0 radical (unpaired) electrons. The first-order valence-electron chi connectivity index (χ1n) is 3.73. The van der Waals surface area contributed by atoms with Gasteiger partial charge in [-0.1, -0.05) is 0 Å². The molecule has 5 nitrogen and oxygen atoms in total. The molecule has 0 saturated heterocycles. The van der Waals surface area contributed by atoms with E-state index in [4.69, 9.17) is 4.74 Å². The Labute approximate surface area is 70.0 Å². The van der Waals surface area contributed by atoms with Gasteiger partial charge >= 0.3 is 12.1 Å². The normalized spacial score (nSPS) is 15.1. The minimum atomic E-state index is -0.622. The van der Waals surface area contributed by atoms with Gasteiger partial charge in [0.05, 0.1) is 7.11 Å². The van der Waals surface area contributed by atoms with Gasteiger partial charge in [0.1, 0.15) is 12.6 Å². The molecule has 0 aromatic heterocycles. The highest BCUT2D eigenvalue weighted by Gasteiger charge is 2.25. The topological polar surface area (TPSA) is 64.6 Å². The fraction of sp³-hybridized carbons (Fsp3) is 0.714. The third-order valence-electron chi connectivity index (χ3n) is 1.38. The number of amides is 1. The van der Waals surface area contributed by atoms with E-state index >= 15 is 0 Å². The maximum atomic E-state index is 10.8. The SMILES string of the molecule is COC(=O)NCC(=O)OC1CC1. The Morgan fingerprint density at radius 1 is 1.50 bits per heavy atom. The molecule has 1 fully saturated rings. The van der Waals surface area contributed by atoms with Crippen molar-refractivity contribution >= 4 is 12.1 Å². The number of carbonyl (C=O) groups excluding carboxylic acids is 2. The summed E-state index contributed by atoms with van der Waals surface area (Å²) < 4.78 is 9.11. The predicted octanol–water partition coefficient (Wildman–Crippen LogP) is 0.0480. The highest BCUT2D eigenvalue weighted by molar-refractivity contribution is 5.77. The van der Waals surface area contributed by atoms with Gasteiger partial charge in [-0.3, -0.25) is 4.79 Å². The number of methoxy groups -OCH3 is 1. The lowest BCUT2D eigenvalue weighted by atomic mass is 10.6. The van der Waals surface area contributed by atoms with Gasteiger partial charge in [-0.05, 0) is 12.8 Å². The average Bonchev–Trinajstić information content (AvgIpc) is 2.84. The predicted molar refractivity (Wildman–Crippen MR) is 39.5 cm³/mol.